The van der Waals surface area contributed by atoms with Crippen LogP contribution in [0, 0.1) is 0 Å². The van der Waals surface area contributed by atoms with Crippen LogP contribution in [0.25, 0.3) is 11.2 Å². The molecule has 0 saturated heterocycles. The number of nitrogens with zero attached hydrogens (tertiary/aromatic N) is 5. The minimum absolute atomic E-state index is 0.215. The van der Waals surface area contributed by atoms with Crippen LogP contribution in [0.15, 0.2) is 22.2 Å². The molecule has 2 rings (SSSR count). The first-order valence-corrected chi connectivity index (χ1v) is 5.75. The van der Waals surface area contributed by atoms with Gasteiger partial charge in [-0.15, -0.1) is 11.7 Å². The Kier molecular flexibility index (Phi) is 3.14. The molecule has 0 fully saturated rings. The molecule has 2 heterocycles. The van der Waals surface area contributed by atoms with Gasteiger partial charge in [-0.1, -0.05) is 18.2 Å². The Morgan fingerprint density at radius 2 is 2.11 bits per heavy atom. The van der Waals surface area contributed by atoms with Gasteiger partial charge in [0.05, 0.1) is 0 Å². The predicted molar refractivity (Wildman–Crippen MR) is 67.5 cm³/mol. The highest BCUT2D eigenvalue weighted by molar-refractivity contribution is 5.68. The minimum atomic E-state index is -0.419. The first-order chi connectivity index (χ1) is 8.61. The fourth-order valence-electron chi connectivity index (χ4n) is 1.89. The summed E-state index contributed by atoms with van der Waals surface area (Å²) in [5.74, 6) is 0. The lowest BCUT2D eigenvalue weighted by molar-refractivity contribution is 0.572. The summed E-state index contributed by atoms with van der Waals surface area (Å²) < 4.78 is 4.08. The molecular formula is C11H15N5O2. The third kappa shape index (κ3) is 1.68. The van der Waals surface area contributed by atoms with E-state index in [1.54, 1.807) is 10.8 Å². The molecule has 0 aromatic carbocycles. The monoisotopic (exact) mass is 249 g/mol. The molecule has 0 atom stereocenters. The van der Waals surface area contributed by atoms with Crippen molar-refractivity contribution in [1.82, 2.24) is 24.1 Å². The number of rotatable bonds is 4. The second kappa shape index (κ2) is 4.59. The molecule has 0 aliphatic rings. The van der Waals surface area contributed by atoms with Crippen LogP contribution in [0.2, 0.25) is 0 Å². The molecule has 0 radical (unpaired) electrons. The van der Waals surface area contributed by atoms with Gasteiger partial charge in [0.25, 0.3) is 5.56 Å². The predicted octanol–water partition coefficient (Wildman–Crippen LogP) is -0.112. The van der Waals surface area contributed by atoms with Crippen LogP contribution in [0.3, 0.4) is 0 Å². The molecule has 0 aliphatic carbocycles. The van der Waals surface area contributed by atoms with Crippen LogP contribution in [-0.4, -0.2) is 24.1 Å². The van der Waals surface area contributed by atoms with E-state index in [4.69, 9.17) is 0 Å². The van der Waals surface area contributed by atoms with Crippen LogP contribution < -0.4 is 11.2 Å². The van der Waals surface area contributed by atoms with Crippen molar-refractivity contribution in [2.75, 3.05) is 0 Å². The Labute approximate surface area is 103 Å². The quantitative estimate of drug-likeness (QED) is 0.708. The van der Waals surface area contributed by atoms with E-state index in [0.717, 1.165) is 11.0 Å². The SMILES string of the molecule is C=CCn1c(=O)n(C)c(=O)c2nnn(CCC)c21. The zero-order valence-electron chi connectivity index (χ0n) is 10.5. The standard InChI is InChI=1S/C11H15N5O2/c1-4-6-15-9-8(10(17)14(3)11(15)18)12-13-16(9)7-5-2/h4H,1,5-7H2,2-3H3. The summed E-state index contributed by atoms with van der Waals surface area (Å²) in [4.78, 5) is 24.0. The maximum absolute atomic E-state index is 12.1. The average Bonchev–Trinajstić information content (AvgIpc) is 2.76. The molecule has 0 saturated carbocycles. The Balaban J connectivity index is 2.92. The maximum atomic E-state index is 12.1. The first kappa shape index (κ1) is 12.3. The topological polar surface area (TPSA) is 74.7 Å². The van der Waals surface area contributed by atoms with Crippen molar-refractivity contribution in [3.63, 3.8) is 0 Å². The summed E-state index contributed by atoms with van der Waals surface area (Å²) in [5.41, 5.74) is -0.123. The highest BCUT2D eigenvalue weighted by atomic mass is 16.2. The van der Waals surface area contributed by atoms with E-state index < -0.39 is 5.56 Å². The lowest BCUT2D eigenvalue weighted by atomic mass is 10.4. The molecule has 96 valence electrons. The lowest BCUT2D eigenvalue weighted by Crippen LogP contribution is -2.38. The van der Waals surface area contributed by atoms with Gasteiger partial charge < -0.3 is 0 Å². The second-order valence-corrected chi connectivity index (χ2v) is 4.03. The van der Waals surface area contributed by atoms with E-state index >= 15 is 0 Å². The van der Waals surface area contributed by atoms with Crippen LogP contribution >= 0.6 is 0 Å². The van der Waals surface area contributed by atoms with Crippen molar-refractivity contribution >= 4 is 11.2 Å². The smallest absolute Gasteiger partial charge is 0.272 e. The molecule has 0 spiro atoms. The lowest BCUT2D eigenvalue weighted by Gasteiger charge is -2.08. The van der Waals surface area contributed by atoms with Gasteiger partial charge in [0, 0.05) is 20.1 Å². The highest BCUT2D eigenvalue weighted by Gasteiger charge is 2.16. The van der Waals surface area contributed by atoms with Crippen LogP contribution in [0.4, 0.5) is 0 Å². The average molecular weight is 249 g/mol. The van der Waals surface area contributed by atoms with Crippen LogP contribution in [-0.2, 0) is 20.1 Å². The van der Waals surface area contributed by atoms with E-state index in [0.29, 0.717) is 18.7 Å². The molecule has 0 bridgehead atoms. The summed E-state index contributed by atoms with van der Waals surface area (Å²) >= 11 is 0. The molecule has 7 nitrogen and oxygen atoms in total. The summed E-state index contributed by atoms with van der Waals surface area (Å²) in [6.45, 7) is 6.54. The van der Waals surface area contributed by atoms with Gasteiger partial charge in [0.15, 0.2) is 11.2 Å². The van der Waals surface area contributed by atoms with Gasteiger partial charge in [-0.2, -0.15) is 0 Å². The first-order valence-electron chi connectivity index (χ1n) is 5.75. The number of aryl methyl sites for hydroxylation is 1. The number of aromatic nitrogens is 5. The van der Waals surface area contributed by atoms with Crippen LogP contribution in [0.1, 0.15) is 13.3 Å². The van der Waals surface area contributed by atoms with Gasteiger partial charge in [-0.3, -0.25) is 13.9 Å². The molecule has 0 unspecified atom stereocenters. The summed E-state index contributed by atoms with van der Waals surface area (Å²) in [6.07, 6.45) is 2.45. The Morgan fingerprint density at radius 1 is 1.39 bits per heavy atom. The zero-order valence-corrected chi connectivity index (χ0v) is 10.5. The summed E-state index contributed by atoms with van der Waals surface area (Å²) in [5, 5.41) is 7.80. The molecule has 2 aromatic rings. The molecule has 2 aromatic heterocycles. The largest absolute Gasteiger partial charge is 0.332 e. The normalized spacial score (nSPS) is 11.0. The molecule has 18 heavy (non-hydrogen) atoms. The van der Waals surface area contributed by atoms with E-state index in [2.05, 4.69) is 16.9 Å². The van der Waals surface area contributed by atoms with E-state index in [-0.39, 0.29) is 11.2 Å². The number of fused-ring (bicyclic) bond motifs is 1. The van der Waals surface area contributed by atoms with E-state index in [1.807, 2.05) is 6.92 Å². The van der Waals surface area contributed by atoms with Crippen molar-refractivity contribution < 1.29 is 0 Å². The van der Waals surface area contributed by atoms with Crippen molar-refractivity contribution in [3.8, 4) is 0 Å². The summed E-state index contributed by atoms with van der Waals surface area (Å²) in [7, 11) is 1.43. The number of allylic oxidation sites excluding steroid dienone is 1. The molecule has 7 heteroatoms. The van der Waals surface area contributed by atoms with Gasteiger partial charge in [-0.25, -0.2) is 9.48 Å². The highest BCUT2D eigenvalue weighted by Crippen LogP contribution is 2.05. The number of hydrogen-bond donors (Lipinski definition) is 0. The molecule has 0 amide bonds. The number of hydrogen-bond acceptors (Lipinski definition) is 4. The zero-order chi connectivity index (χ0) is 13.3. The van der Waals surface area contributed by atoms with Gasteiger partial charge >= 0.3 is 5.69 Å². The Hall–Kier alpha value is -2.18. The Bertz CT molecular complexity index is 707. The molecule has 0 N–H and O–H groups in total. The minimum Gasteiger partial charge on any atom is -0.272 e. The van der Waals surface area contributed by atoms with Crippen molar-refractivity contribution in [2.24, 2.45) is 7.05 Å². The molecular weight excluding hydrogens is 234 g/mol. The van der Waals surface area contributed by atoms with Crippen LogP contribution in [0.5, 0.6) is 0 Å². The van der Waals surface area contributed by atoms with Crippen molar-refractivity contribution in [1.29, 1.82) is 0 Å². The maximum Gasteiger partial charge on any atom is 0.332 e. The third-order valence-corrected chi connectivity index (χ3v) is 2.74. The van der Waals surface area contributed by atoms with E-state index in [1.165, 1.54) is 11.6 Å². The third-order valence-electron chi connectivity index (χ3n) is 2.74. The van der Waals surface area contributed by atoms with Gasteiger partial charge in [-0.05, 0) is 6.42 Å². The van der Waals surface area contributed by atoms with E-state index in [9.17, 15) is 9.59 Å². The van der Waals surface area contributed by atoms with Gasteiger partial charge in [0.1, 0.15) is 0 Å². The molecule has 0 aliphatic heterocycles. The van der Waals surface area contributed by atoms with Crippen molar-refractivity contribution in [3.05, 3.63) is 33.5 Å². The fraction of sp³-hybridized carbons (Fsp3) is 0.455. The second-order valence-electron chi connectivity index (χ2n) is 4.03. The summed E-state index contributed by atoms with van der Waals surface area (Å²) in [6, 6.07) is 0. The fourth-order valence-corrected chi connectivity index (χ4v) is 1.89. The van der Waals surface area contributed by atoms with Crippen molar-refractivity contribution in [2.45, 2.75) is 26.4 Å². The van der Waals surface area contributed by atoms with Gasteiger partial charge in [0.2, 0.25) is 0 Å². The Morgan fingerprint density at radius 3 is 2.72 bits per heavy atom.